The summed E-state index contributed by atoms with van der Waals surface area (Å²) in [6, 6.07) is 0. The van der Waals surface area contributed by atoms with E-state index in [9.17, 15) is 4.79 Å². The Morgan fingerprint density at radius 3 is 2.96 bits per heavy atom. The van der Waals surface area contributed by atoms with Crippen LogP contribution >= 0.6 is 11.3 Å². The molecule has 6 nitrogen and oxygen atoms in total. The number of nitrogens with zero attached hydrogens (tertiary/aromatic N) is 3. The molecule has 0 bridgehead atoms. The third kappa shape index (κ3) is 2.26. The van der Waals surface area contributed by atoms with Crippen LogP contribution in [0.1, 0.15) is 45.1 Å². The van der Waals surface area contributed by atoms with E-state index in [1.165, 1.54) is 10.4 Å². The smallest absolute Gasteiger partial charge is 0.256 e. The molecular formula is C16H21N5OS. The van der Waals surface area contributed by atoms with Crippen molar-refractivity contribution in [2.75, 3.05) is 18.4 Å². The molecule has 2 aromatic rings. The van der Waals surface area contributed by atoms with E-state index in [0.29, 0.717) is 0 Å². The number of carbonyl (C=O) groups is 1. The van der Waals surface area contributed by atoms with Crippen LogP contribution in [-0.2, 0) is 20.0 Å². The van der Waals surface area contributed by atoms with Gasteiger partial charge in [0.1, 0.15) is 11.2 Å². The fraction of sp³-hybridized carbons (Fsp3) is 0.500. The van der Waals surface area contributed by atoms with Crippen molar-refractivity contribution in [2.24, 2.45) is 7.05 Å². The Labute approximate surface area is 139 Å². The molecule has 4 rings (SSSR count). The number of nitrogens with one attached hydrogen (secondary N) is 2. The highest BCUT2D eigenvalue weighted by Gasteiger charge is 2.33. The number of aryl methyl sites for hydroxylation is 1. The molecule has 7 heteroatoms. The van der Waals surface area contributed by atoms with Crippen molar-refractivity contribution in [3.63, 3.8) is 0 Å². The van der Waals surface area contributed by atoms with Gasteiger partial charge in [-0.2, -0.15) is 5.10 Å². The summed E-state index contributed by atoms with van der Waals surface area (Å²) in [6.45, 7) is 7.24. The number of rotatable bonds is 2. The summed E-state index contributed by atoms with van der Waals surface area (Å²) in [5, 5.41) is 11.9. The minimum Gasteiger partial charge on any atom is -0.352 e. The highest BCUT2D eigenvalue weighted by Crippen LogP contribution is 2.40. The van der Waals surface area contributed by atoms with Crippen molar-refractivity contribution >= 4 is 22.2 Å². The molecule has 122 valence electrons. The molecule has 0 fully saturated rings. The Hall–Kier alpha value is -1.86. The lowest BCUT2D eigenvalue weighted by Gasteiger charge is -2.27. The molecule has 0 spiro atoms. The van der Waals surface area contributed by atoms with Crippen LogP contribution in [0.4, 0.5) is 5.00 Å². The number of anilines is 1. The first-order valence-electron chi connectivity index (χ1n) is 8.01. The number of aromatic nitrogens is 2. The van der Waals surface area contributed by atoms with Crippen molar-refractivity contribution in [3.8, 4) is 0 Å². The van der Waals surface area contributed by atoms with E-state index in [1.54, 1.807) is 11.3 Å². The second-order valence-electron chi connectivity index (χ2n) is 6.19. The highest BCUT2D eigenvalue weighted by atomic mass is 32.1. The molecule has 23 heavy (non-hydrogen) atoms. The van der Waals surface area contributed by atoms with Crippen LogP contribution in [0, 0.1) is 6.92 Å². The van der Waals surface area contributed by atoms with E-state index in [1.807, 2.05) is 24.9 Å². The average Bonchev–Trinajstić information content (AvgIpc) is 3.07. The summed E-state index contributed by atoms with van der Waals surface area (Å²) in [6.07, 6.45) is 2.58. The van der Waals surface area contributed by atoms with Crippen LogP contribution in [0.2, 0.25) is 0 Å². The molecule has 1 atom stereocenters. The van der Waals surface area contributed by atoms with E-state index in [0.717, 1.165) is 47.9 Å². The summed E-state index contributed by atoms with van der Waals surface area (Å²) in [7, 11) is 1.91. The molecule has 2 aliphatic rings. The third-order valence-corrected chi connectivity index (χ3v) is 6.09. The minimum atomic E-state index is -0.203. The van der Waals surface area contributed by atoms with E-state index < -0.39 is 0 Å². The predicted octanol–water partition coefficient (Wildman–Crippen LogP) is 2.02. The Bertz CT molecular complexity index is 778. The van der Waals surface area contributed by atoms with Gasteiger partial charge in [0, 0.05) is 36.3 Å². The monoisotopic (exact) mass is 331 g/mol. The fourth-order valence-electron chi connectivity index (χ4n) is 3.39. The van der Waals surface area contributed by atoms with Crippen molar-refractivity contribution in [1.82, 2.24) is 20.0 Å². The zero-order valence-corrected chi connectivity index (χ0v) is 14.5. The second kappa shape index (κ2) is 5.35. The minimum absolute atomic E-state index is 0.0365. The molecule has 1 amide bonds. The number of carbonyl (C=O) groups excluding carboxylic acids is 1. The van der Waals surface area contributed by atoms with Crippen molar-refractivity contribution < 1.29 is 4.79 Å². The van der Waals surface area contributed by atoms with Crippen LogP contribution < -0.4 is 10.6 Å². The maximum atomic E-state index is 12.7. The lowest BCUT2D eigenvalue weighted by molar-refractivity contribution is 0.0934. The van der Waals surface area contributed by atoms with Crippen LogP contribution in [0.5, 0.6) is 0 Å². The summed E-state index contributed by atoms with van der Waals surface area (Å²) < 4.78 is 1.83. The molecule has 1 unspecified atom stereocenters. The number of hydrogen-bond acceptors (Lipinski definition) is 5. The number of fused-ring (bicyclic) bond motifs is 3. The van der Waals surface area contributed by atoms with E-state index in [4.69, 9.17) is 0 Å². The molecule has 2 aliphatic heterocycles. The van der Waals surface area contributed by atoms with Gasteiger partial charge in [0.25, 0.3) is 5.91 Å². The van der Waals surface area contributed by atoms with E-state index in [2.05, 4.69) is 27.6 Å². The zero-order valence-electron chi connectivity index (χ0n) is 13.6. The van der Waals surface area contributed by atoms with Crippen molar-refractivity contribution in [3.05, 3.63) is 33.5 Å². The SMILES string of the molecule is CCN1CCc2c(sc3c2C(=O)NC(c2cnn(C)c2C)N3)C1. The van der Waals surface area contributed by atoms with Crippen molar-refractivity contribution in [2.45, 2.75) is 33.0 Å². The topological polar surface area (TPSA) is 62.2 Å². The largest absolute Gasteiger partial charge is 0.352 e. The number of amides is 1. The van der Waals surface area contributed by atoms with Crippen LogP contribution in [0.25, 0.3) is 0 Å². The Morgan fingerprint density at radius 2 is 2.26 bits per heavy atom. The maximum absolute atomic E-state index is 12.7. The number of thiophene rings is 1. The Morgan fingerprint density at radius 1 is 1.43 bits per heavy atom. The first-order chi connectivity index (χ1) is 11.1. The fourth-order valence-corrected chi connectivity index (χ4v) is 4.71. The molecule has 2 aromatic heterocycles. The first kappa shape index (κ1) is 14.7. The molecule has 4 heterocycles. The van der Waals surface area contributed by atoms with Crippen LogP contribution in [-0.4, -0.2) is 33.7 Å². The predicted molar refractivity (Wildman–Crippen MR) is 90.7 cm³/mol. The van der Waals surface area contributed by atoms with Gasteiger partial charge in [0.15, 0.2) is 0 Å². The lowest BCUT2D eigenvalue weighted by atomic mass is 10.0. The molecule has 0 aromatic carbocycles. The highest BCUT2D eigenvalue weighted by molar-refractivity contribution is 7.16. The Kier molecular flexibility index (Phi) is 3.42. The second-order valence-corrected chi connectivity index (χ2v) is 7.29. The van der Waals surface area contributed by atoms with E-state index in [-0.39, 0.29) is 12.1 Å². The summed E-state index contributed by atoms with van der Waals surface area (Å²) in [4.78, 5) is 16.4. The molecule has 0 saturated heterocycles. The van der Waals surface area contributed by atoms with Gasteiger partial charge in [-0.25, -0.2) is 0 Å². The first-order valence-corrected chi connectivity index (χ1v) is 8.83. The maximum Gasteiger partial charge on any atom is 0.256 e. The third-order valence-electron chi connectivity index (χ3n) is 4.95. The van der Waals surface area contributed by atoms with Crippen molar-refractivity contribution in [1.29, 1.82) is 0 Å². The molecule has 0 aliphatic carbocycles. The average molecular weight is 331 g/mol. The van der Waals surface area contributed by atoms with Gasteiger partial charge in [0.2, 0.25) is 0 Å². The van der Waals surface area contributed by atoms with Gasteiger partial charge in [-0.05, 0) is 25.5 Å². The van der Waals surface area contributed by atoms with E-state index >= 15 is 0 Å². The normalized spacial score (nSPS) is 20.7. The summed E-state index contributed by atoms with van der Waals surface area (Å²) in [5.41, 5.74) is 4.18. The molecule has 0 radical (unpaired) electrons. The van der Waals surface area contributed by atoms with Gasteiger partial charge >= 0.3 is 0 Å². The number of hydrogen-bond donors (Lipinski definition) is 2. The summed E-state index contributed by atoms with van der Waals surface area (Å²) in [5.74, 6) is 0.0365. The van der Waals surface area contributed by atoms with Gasteiger partial charge in [0.05, 0.1) is 11.8 Å². The lowest BCUT2D eigenvalue weighted by Crippen LogP contribution is -2.39. The molecule has 0 saturated carbocycles. The number of likely N-dealkylation sites (N-methyl/N-ethyl adjacent to an activating group) is 1. The quantitative estimate of drug-likeness (QED) is 0.884. The van der Waals surface area contributed by atoms with Gasteiger partial charge < -0.3 is 10.6 Å². The Balaban J connectivity index is 1.69. The molecule has 2 N–H and O–H groups in total. The van der Waals surface area contributed by atoms with Gasteiger partial charge in [-0.3, -0.25) is 14.4 Å². The summed E-state index contributed by atoms with van der Waals surface area (Å²) >= 11 is 1.73. The molecular weight excluding hydrogens is 310 g/mol. The zero-order chi connectivity index (χ0) is 16.1. The standard InChI is InChI=1S/C16H21N5OS/c1-4-21-6-5-10-12(8-21)23-16-13(10)15(22)18-14(19-16)11-7-17-20(3)9(11)2/h7,14,19H,4-6,8H2,1-3H3,(H,18,22). The van der Waals surface area contributed by atoms with Crippen LogP contribution in [0.3, 0.4) is 0 Å². The van der Waals surface area contributed by atoms with Gasteiger partial charge in [-0.1, -0.05) is 6.92 Å². The van der Waals surface area contributed by atoms with Crippen LogP contribution in [0.15, 0.2) is 6.20 Å². The van der Waals surface area contributed by atoms with Gasteiger partial charge in [-0.15, -0.1) is 11.3 Å².